The molecule has 3 aromatic rings. The molecule has 0 aliphatic rings. The van der Waals surface area contributed by atoms with E-state index in [2.05, 4.69) is 35.5 Å². The Morgan fingerprint density at radius 3 is 2.80 bits per heavy atom. The standard InChI is InChI=1S/C16H16ClN3/c1-12(13-5-7-15(17)8-6-13)18-10-14-11-19-20-9-3-2-4-16(14)20/h2-9,11-12,18H,10H2,1H3/t12-/m1/s1. The van der Waals surface area contributed by atoms with Crippen LogP contribution >= 0.6 is 11.6 Å². The van der Waals surface area contributed by atoms with Gasteiger partial charge in [0.15, 0.2) is 0 Å². The van der Waals surface area contributed by atoms with Gasteiger partial charge in [0.25, 0.3) is 0 Å². The molecule has 0 saturated carbocycles. The maximum atomic E-state index is 5.91. The highest BCUT2D eigenvalue weighted by atomic mass is 35.5. The van der Waals surface area contributed by atoms with Crippen LogP contribution in [0.4, 0.5) is 0 Å². The fourth-order valence-corrected chi connectivity index (χ4v) is 2.38. The van der Waals surface area contributed by atoms with Gasteiger partial charge >= 0.3 is 0 Å². The van der Waals surface area contributed by atoms with Gasteiger partial charge in [-0.05, 0) is 36.8 Å². The van der Waals surface area contributed by atoms with E-state index in [0.29, 0.717) is 0 Å². The summed E-state index contributed by atoms with van der Waals surface area (Å²) < 4.78 is 1.89. The van der Waals surface area contributed by atoms with Crippen LogP contribution in [0.1, 0.15) is 24.1 Å². The van der Waals surface area contributed by atoms with E-state index in [1.807, 2.05) is 41.2 Å². The molecule has 3 nitrogen and oxygen atoms in total. The first-order valence-corrected chi connectivity index (χ1v) is 7.02. The second kappa shape index (κ2) is 5.65. The average Bonchev–Trinajstić information content (AvgIpc) is 2.89. The van der Waals surface area contributed by atoms with Crippen molar-refractivity contribution in [2.24, 2.45) is 0 Å². The smallest absolute Gasteiger partial charge is 0.0706 e. The van der Waals surface area contributed by atoms with Crippen molar-refractivity contribution in [3.8, 4) is 0 Å². The molecule has 1 aromatic carbocycles. The Morgan fingerprint density at radius 2 is 2.00 bits per heavy atom. The first-order chi connectivity index (χ1) is 9.74. The molecule has 1 N–H and O–H groups in total. The van der Waals surface area contributed by atoms with Crippen LogP contribution in [0.3, 0.4) is 0 Å². The molecule has 0 unspecified atom stereocenters. The Balaban J connectivity index is 1.71. The van der Waals surface area contributed by atoms with E-state index in [0.717, 1.165) is 17.1 Å². The van der Waals surface area contributed by atoms with Crippen LogP contribution in [0.15, 0.2) is 54.9 Å². The molecule has 0 aliphatic carbocycles. The van der Waals surface area contributed by atoms with Crippen molar-refractivity contribution in [2.45, 2.75) is 19.5 Å². The van der Waals surface area contributed by atoms with E-state index in [9.17, 15) is 0 Å². The van der Waals surface area contributed by atoms with Crippen LogP contribution in [0.25, 0.3) is 5.52 Å². The van der Waals surface area contributed by atoms with Gasteiger partial charge in [-0.3, -0.25) is 0 Å². The fraction of sp³-hybridized carbons (Fsp3) is 0.188. The van der Waals surface area contributed by atoms with Crippen molar-refractivity contribution >= 4 is 17.1 Å². The lowest BCUT2D eigenvalue weighted by atomic mass is 10.1. The average molecular weight is 286 g/mol. The lowest BCUT2D eigenvalue weighted by Gasteiger charge is -2.13. The number of nitrogens with zero attached hydrogens (tertiary/aromatic N) is 2. The van der Waals surface area contributed by atoms with Gasteiger partial charge in [-0.1, -0.05) is 29.8 Å². The zero-order chi connectivity index (χ0) is 13.9. The van der Waals surface area contributed by atoms with Gasteiger partial charge in [-0.2, -0.15) is 5.10 Å². The van der Waals surface area contributed by atoms with E-state index in [-0.39, 0.29) is 6.04 Å². The number of hydrogen-bond acceptors (Lipinski definition) is 2. The lowest BCUT2D eigenvalue weighted by Crippen LogP contribution is -2.17. The minimum absolute atomic E-state index is 0.269. The molecule has 0 aliphatic heterocycles. The van der Waals surface area contributed by atoms with Crippen molar-refractivity contribution in [2.75, 3.05) is 0 Å². The summed E-state index contributed by atoms with van der Waals surface area (Å²) in [6, 6.07) is 14.3. The molecular weight excluding hydrogens is 270 g/mol. The van der Waals surface area contributed by atoms with Crippen LogP contribution < -0.4 is 5.32 Å². The van der Waals surface area contributed by atoms with Crippen molar-refractivity contribution in [1.82, 2.24) is 14.9 Å². The summed E-state index contributed by atoms with van der Waals surface area (Å²) in [5.74, 6) is 0. The normalized spacial score (nSPS) is 12.7. The zero-order valence-corrected chi connectivity index (χ0v) is 12.0. The molecule has 2 heterocycles. The van der Waals surface area contributed by atoms with Gasteiger partial charge in [0.1, 0.15) is 0 Å². The third-order valence-electron chi connectivity index (χ3n) is 3.47. The molecule has 0 amide bonds. The summed E-state index contributed by atoms with van der Waals surface area (Å²) in [6.07, 6.45) is 3.87. The van der Waals surface area contributed by atoms with Gasteiger partial charge in [-0.25, -0.2) is 4.52 Å². The highest BCUT2D eigenvalue weighted by Gasteiger charge is 2.07. The largest absolute Gasteiger partial charge is 0.306 e. The number of hydrogen-bond donors (Lipinski definition) is 1. The predicted octanol–water partition coefficient (Wildman–Crippen LogP) is 3.84. The SMILES string of the molecule is C[C@@H](NCc1cnn2ccccc12)c1ccc(Cl)cc1. The summed E-state index contributed by atoms with van der Waals surface area (Å²) >= 11 is 5.91. The Kier molecular flexibility index (Phi) is 3.72. The minimum Gasteiger partial charge on any atom is -0.306 e. The number of benzene rings is 1. The maximum Gasteiger partial charge on any atom is 0.0706 e. The summed E-state index contributed by atoms with van der Waals surface area (Å²) in [4.78, 5) is 0. The van der Waals surface area contributed by atoms with E-state index < -0.39 is 0 Å². The summed E-state index contributed by atoms with van der Waals surface area (Å²) in [5.41, 5.74) is 3.57. The van der Waals surface area contributed by atoms with E-state index in [4.69, 9.17) is 11.6 Å². The number of aromatic nitrogens is 2. The number of nitrogens with one attached hydrogen (secondary N) is 1. The van der Waals surface area contributed by atoms with Crippen LogP contribution in [-0.4, -0.2) is 9.61 Å². The third-order valence-corrected chi connectivity index (χ3v) is 3.73. The summed E-state index contributed by atoms with van der Waals surface area (Å²) in [6.45, 7) is 2.94. The van der Waals surface area contributed by atoms with Gasteiger partial charge in [-0.15, -0.1) is 0 Å². The Hall–Kier alpha value is -1.84. The summed E-state index contributed by atoms with van der Waals surface area (Å²) in [5, 5.41) is 8.62. The molecular formula is C16H16ClN3. The predicted molar refractivity (Wildman–Crippen MR) is 81.9 cm³/mol. The van der Waals surface area contributed by atoms with Crippen LogP contribution in [0.2, 0.25) is 5.02 Å². The molecule has 20 heavy (non-hydrogen) atoms. The second-order valence-electron chi connectivity index (χ2n) is 4.85. The molecule has 2 aromatic heterocycles. The van der Waals surface area contributed by atoms with Crippen LogP contribution in [0.5, 0.6) is 0 Å². The van der Waals surface area contributed by atoms with Crippen molar-refractivity contribution in [3.63, 3.8) is 0 Å². The van der Waals surface area contributed by atoms with Crippen LogP contribution in [-0.2, 0) is 6.54 Å². The van der Waals surface area contributed by atoms with E-state index >= 15 is 0 Å². The van der Waals surface area contributed by atoms with Gasteiger partial charge < -0.3 is 5.32 Å². The Morgan fingerprint density at radius 1 is 1.20 bits per heavy atom. The molecule has 0 saturated heterocycles. The molecule has 3 rings (SSSR count). The topological polar surface area (TPSA) is 29.3 Å². The quantitative estimate of drug-likeness (QED) is 0.789. The first kappa shape index (κ1) is 13.2. The molecule has 0 fully saturated rings. The molecule has 0 spiro atoms. The van der Waals surface area contributed by atoms with Crippen LogP contribution in [0, 0.1) is 0 Å². The van der Waals surface area contributed by atoms with Crippen molar-refractivity contribution in [3.05, 3.63) is 71.0 Å². The Labute approximate surface area is 123 Å². The lowest BCUT2D eigenvalue weighted by molar-refractivity contribution is 0.576. The summed E-state index contributed by atoms with van der Waals surface area (Å²) in [7, 11) is 0. The van der Waals surface area contributed by atoms with Crippen molar-refractivity contribution in [1.29, 1.82) is 0 Å². The molecule has 0 bridgehead atoms. The number of fused-ring (bicyclic) bond motifs is 1. The number of pyridine rings is 1. The van der Waals surface area contributed by atoms with Gasteiger partial charge in [0.2, 0.25) is 0 Å². The second-order valence-corrected chi connectivity index (χ2v) is 5.29. The highest BCUT2D eigenvalue weighted by molar-refractivity contribution is 6.30. The maximum absolute atomic E-state index is 5.91. The van der Waals surface area contributed by atoms with Gasteiger partial charge in [0.05, 0.1) is 11.7 Å². The number of halogens is 1. The number of rotatable bonds is 4. The minimum atomic E-state index is 0.269. The zero-order valence-electron chi connectivity index (χ0n) is 11.3. The fourth-order valence-electron chi connectivity index (χ4n) is 2.26. The first-order valence-electron chi connectivity index (χ1n) is 6.64. The van der Waals surface area contributed by atoms with E-state index in [1.165, 1.54) is 11.1 Å². The molecule has 0 radical (unpaired) electrons. The van der Waals surface area contributed by atoms with E-state index in [1.54, 1.807) is 0 Å². The molecule has 4 heteroatoms. The van der Waals surface area contributed by atoms with Gasteiger partial charge in [0, 0.05) is 29.4 Å². The third kappa shape index (κ3) is 2.69. The monoisotopic (exact) mass is 285 g/mol. The highest BCUT2D eigenvalue weighted by Crippen LogP contribution is 2.17. The van der Waals surface area contributed by atoms with Crippen molar-refractivity contribution < 1.29 is 0 Å². The Bertz CT molecular complexity index is 703. The molecule has 1 atom stereocenters. The molecule has 102 valence electrons.